The van der Waals surface area contributed by atoms with Crippen LogP contribution < -0.4 is 29.7 Å². The number of para-hydroxylation sites is 3. The van der Waals surface area contributed by atoms with Crippen molar-refractivity contribution in [3.8, 4) is 17.2 Å². The lowest BCUT2D eigenvalue weighted by atomic mass is 10.1. The van der Waals surface area contributed by atoms with Crippen LogP contribution in [0.4, 0.5) is 21.9 Å². The molecule has 2 amide bonds. The summed E-state index contributed by atoms with van der Waals surface area (Å²) in [6, 6.07) is 14.7. The molecule has 0 unspecified atom stereocenters. The van der Waals surface area contributed by atoms with Crippen LogP contribution >= 0.6 is 0 Å². The van der Waals surface area contributed by atoms with Crippen molar-refractivity contribution in [2.45, 2.75) is 26.4 Å². The molecule has 0 saturated heterocycles. The van der Waals surface area contributed by atoms with Crippen LogP contribution in [0.5, 0.6) is 17.2 Å². The highest BCUT2D eigenvalue weighted by Gasteiger charge is 2.29. The van der Waals surface area contributed by atoms with E-state index in [2.05, 4.69) is 10.6 Å². The molecule has 3 aliphatic heterocycles. The van der Waals surface area contributed by atoms with E-state index in [1.807, 2.05) is 20.8 Å². The second-order valence-electron chi connectivity index (χ2n) is 10.9. The Kier molecular flexibility index (Phi) is 10.3. The minimum atomic E-state index is -1.07. The van der Waals surface area contributed by atoms with Crippen molar-refractivity contribution >= 4 is 47.3 Å². The average molecular weight is 636 g/mol. The number of carboxylic acids is 2. The van der Waals surface area contributed by atoms with Crippen molar-refractivity contribution < 1.29 is 53.1 Å². The van der Waals surface area contributed by atoms with E-state index < -0.39 is 23.6 Å². The molecule has 0 fully saturated rings. The number of anilines is 3. The van der Waals surface area contributed by atoms with Gasteiger partial charge in [0, 0.05) is 6.54 Å². The van der Waals surface area contributed by atoms with Crippen LogP contribution in [0.2, 0.25) is 0 Å². The fourth-order valence-electron chi connectivity index (χ4n) is 4.49. The molecule has 0 aliphatic carbocycles. The molecule has 3 aromatic carbocycles. The molecule has 0 atom stereocenters. The Morgan fingerprint density at radius 2 is 1.46 bits per heavy atom. The second-order valence-corrected chi connectivity index (χ2v) is 10.9. The van der Waals surface area contributed by atoms with Crippen LogP contribution in [0.25, 0.3) is 0 Å². The van der Waals surface area contributed by atoms with Crippen molar-refractivity contribution in [2.24, 2.45) is 0 Å². The number of nitrogens with zero attached hydrogens (tertiary/aromatic N) is 1. The van der Waals surface area contributed by atoms with E-state index >= 15 is 0 Å². The molecule has 46 heavy (non-hydrogen) atoms. The molecule has 0 bridgehead atoms. The normalized spacial score (nSPS) is 14.1. The molecule has 242 valence electrons. The van der Waals surface area contributed by atoms with Crippen LogP contribution in [0.1, 0.15) is 51.8 Å². The molecular formula is C32H33N3O11. The Morgan fingerprint density at radius 1 is 0.848 bits per heavy atom. The average Bonchev–Trinajstić information content (AvgIpc) is 3.03. The van der Waals surface area contributed by atoms with Gasteiger partial charge in [-0.3, -0.25) is 14.5 Å². The highest BCUT2D eigenvalue weighted by molar-refractivity contribution is 6.00. The van der Waals surface area contributed by atoms with Crippen molar-refractivity contribution in [3.63, 3.8) is 0 Å². The summed E-state index contributed by atoms with van der Waals surface area (Å²) in [7, 11) is 0. The zero-order valence-electron chi connectivity index (χ0n) is 25.3. The monoisotopic (exact) mass is 635 g/mol. The van der Waals surface area contributed by atoms with Gasteiger partial charge >= 0.3 is 18.0 Å². The van der Waals surface area contributed by atoms with Gasteiger partial charge in [0.05, 0.1) is 29.2 Å². The number of nitrogens with one attached hydrogen (secondary N) is 2. The first-order chi connectivity index (χ1) is 21.9. The summed E-state index contributed by atoms with van der Waals surface area (Å²) in [4.78, 5) is 57.1. The van der Waals surface area contributed by atoms with Gasteiger partial charge in [-0.1, -0.05) is 18.2 Å². The summed E-state index contributed by atoms with van der Waals surface area (Å²) in [6.45, 7) is 7.28. The van der Waals surface area contributed by atoms with E-state index in [9.17, 15) is 24.0 Å². The first kappa shape index (κ1) is 33.1. The Balaban J connectivity index is 0.000000160. The first-order valence-electron chi connectivity index (χ1n) is 14.1. The molecule has 0 saturated carbocycles. The Labute approximate surface area is 263 Å². The third-order valence-electron chi connectivity index (χ3n) is 6.39. The molecule has 0 aromatic heterocycles. The number of aromatic carboxylic acids is 2. The lowest BCUT2D eigenvalue weighted by molar-refractivity contribution is -0.118. The number of carbonyl (C=O) groups is 5. The predicted octanol–water partition coefficient (Wildman–Crippen LogP) is 4.54. The highest BCUT2D eigenvalue weighted by Crippen LogP contribution is 2.35. The number of benzene rings is 3. The van der Waals surface area contributed by atoms with Crippen molar-refractivity contribution in [1.29, 1.82) is 0 Å². The molecular weight excluding hydrogens is 602 g/mol. The van der Waals surface area contributed by atoms with Gasteiger partial charge in [-0.15, -0.1) is 0 Å². The molecule has 14 nitrogen and oxygen atoms in total. The van der Waals surface area contributed by atoms with Gasteiger partial charge in [0.1, 0.15) is 29.9 Å². The number of fused-ring (bicyclic) bond motifs is 3. The Hall–Kier alpha value is -5.79. The zero-order chi connectivity index (χ0) is 33.4. The highest BCUT2D eigenvalue weighted by atomic mass is 16.6. The Bertz CT molecular complexity index is 1650. The maximum Gasteiger partial charge on any atom is 0.415 e. The fraction of sp³-hybridized carbons (Fsp3) is 0.281. The number of aldehydes is 1. The third-order valence-corrected chi connectivity index (χ3v) is 6.39. The van der Waals surface area contributed by atoms with Gasteiger partial charge in [-0.25, -0.2) is 14.4 Å². The lowest BCUT2D eigenvalue weighted by Crippen LogP contribution is -2.41. The van der Waals surface area contributed by atoms with Gasteiger partial charge in [-0.2, -0.15) is 0 Å². The smallest absolute Gasteiger partial charge is 0.415 e. The van der Waals surface area contributed by atoms with Crippen LogP contribution in [0, 0.1) is 0 Å². The van der Waals surface area contributed by atoms with Crippen molar-refractivity contribution in [1.82, 2.24) is 0 Å². The van der Waals surface area contributed by atoms with Gasteiger partial charge in [0.2, 0.25) is 0 Å². The van der Waals surface area contributed by atoms with E-state index in [1.54, 1.807) is 42.5 Å². The summed E-state index contributed by atoms with van der Waals surface area (Å²) in [6.07, 6.45) is 0.289. The summed E-state index contributed by atoms with van der Waals surface area (Å²) in [5, 5.41) is 23.2. The van der Waals surface area contributed by atoms with E-state index in [4.69, 9.17) is 29.2 Å². The zero-order valence-corrected chi connectivity index (χ0v) is 25.3. The minimum Gasteiger partial charge on any atom is -0.489 e. The van der Waals surface area contributed by atoms with Crippen LogP contribution in [-0.4, -0.2) is 78.9 Å². The van der Waals surface area contributed by atoms with E-state index in [1.165, 1.54) is 17.0 Å². The first-order valence-corrected chi connectivity index (χ1v) is 14.1. The molecule has 3 aliphatic rings. The molecule has 0 spiro atoms. The third kappa shape index (κ3) is 8.02. The second kappa shape index (κ2) is 14.3. The maximum atomic E-state index is 12.1. The standard InChI is InChI=1S/C14H17NO4.C9H7NO4.C9H9NO3/c1-14(2,3)19-13(17)15-7-8-18-12-10(9-16)5-4-6-11(12)15;11-7-4-14-8-5(9(12)13)2-1-3-6(8)10-7;11-9(12)6-2-1-3-7-8(6)13-5-4-10-7/h4-6,9H,7-8H2,1-3H3;1-3H,4H2,(H,10,11)(H,12,13);1-3,10H,4-5H2,(H,11,12). The summed E-state index contributed by atoms with van der Waals surface area (Å²) in [5.41, 5.74) is 1.88. The van der Waals surface area contributed by atoms with Gasteiger partial charge in [0.25, 0.3) is 5.91 Å². The van der Waals surface area contributed by atoms with Crippen molar-refractivity contribution in [3.05, 3.63) is 71.3 Å². The quantitative estimate of drug-likeness (QED) is 0.295. The minimum absolute atomic E-state index is 0.0579. The lowest BCUT2D eigenvalue weighted by Gasteiger charge is -2.32. The number of hydrogen-bond acceptors (Lipinski definition) is 10. The molecule has 3 heterocycles. The van der Waals surface area contributed by atoms with E-state index in [0.29, 0.717) is 48.2 Å². The van der Waals surface area contributed by atoms with Gasteiger partial charge in [-0.05, 0) is 57.2 Å². The predicted molar refractivity (Wildman–Crippen MR) is 166 cm³/mol. The summed E-state index contributed by atoms with van der Waals surface area (Å²) < 4.78 is 21.1. The van der Waals surface area contributed by atoms with Crippen molar-refractivity contribution in [2.75, 3.05) is 48.4 Å². The number of amides is 2. The SMILES string of the molecule is CC(C)(C)OC(=O)N1CCOc2c(C=O)cccc21.O=C(O)c1cccc2c1OCCN2.O=C1COc2c(cccc2C(=O)O)N1. The van der Waals surface area contributed by atoms with Gasteiger partial charge in [0.15, 0.2) is 30.1 Å². The topological polar surface area (TPSA) is 190 Å². The van der Waals surface area contributed by atoms with Crippen LogP contribution in [0.15, 0.2) is 54.6 Å². The van der Waals surface area contributed by atoms with Crippen LogP contribution in [0.3, 0.4) is 0 Å². The summed E-state index contributed by atoms with van der Waals surface area (Å²) >= 11 is 0. The molecule has 14 heteroatoms. The summed E-state index contributed by atoms with van der Waals surface area (Å²) in [5.74, 6) is -1.20. The molecule has 0 radical (unpaired) electrons. The molecule has 6 rings (SSSR count). The Morgan fingerprint density at radius 3 is 2.09 bits per heavy atom. The fourth-order valence-corrected chi connectivity index (χ4v) is 4.49. The van der Waals surface area contributed by atoms with Gasteiger partial charge < -0.3 is 39.8 Å². The number of carboxylic acid groups (broad SMARTS) is 2. The molecule has 3 aromatic rings. The number of ether oxygens (including phenoxy) is 4. The van der Waals surface area contributed by atoms with E-state index in [-0.39, 0.29) is 29.4 Å². The number of hydrogen-bond donors (Lipinski definition) is 4. The largest absolute Gasteiger partial charge is 0.489 e. The van der Waals surface area contributed by atoms with Crippen LogP contribution in [-0.2, 0) is 9.53 Å². The molecule has 4 N–H and O–H groups in total. The maximum absolute atomic E-state index is 12.1. The number of carbonyl (C=O) groups excluding carboxylic acids is 3. The number of rotatable bonds is 3. The van der Waals surface area contributed by atoms with E-state index in [0.717, 1.165) is 18.5 Å².